The van der Waals surface area contributed by atoms with Gasteiger partial charge in [0, 0.05) is 30.9 Å². The van der Waals surface area contributed by atoms with Crippen LogP contribution in [-0.4, -0.2) is 0 Å². The molecule has 0 aliphatic heterocycles. The van der Waals surface area contributed by atoms with Gasteiger partial charge in [-0.3, -0.25) is 0 Å². The van der Waals surface area contributed by atoms with Gasteiger partial charge >= 0.3 is 0 Å². The molecule has 12 rings (SSSR count). The SMILES string of the molecule is c1ccc(-c2cc(-c3ccc4ccc5ccccc5c4c3)cc(-c3cccc4oc5cccc(-c6ccc7sc8ccc9ccccc9c8c7c6)c5c34)c2)cc1. The molecule has 260 valence electrons. The zero-order valence-corrected chi connectivity index (χ0v) is 31.1. The molecule has 2 heteroatoms. The number of hydrogen-bond acceptors (Lipinski definition) is 2. The molecular formula is C54H32OS. The minimum atomic E-state index is 0.891. The van der Waals surface area contributed by atoms with Crippen LogP contribution in [0, 0.1) is 0 Å². The fraction of sp³-hybridized carbons (Fsp3) is 0. The minimum absolute atomic E-state index is 0.891. The van der Waals surface area contributed by atoms with Gasteiger partial charge in [-0.1, -0.05) is 140 Å². The number of furan rings is 1. The highest BCUT2D eigenvalue weighted by molar-refractivity contribution is 7.26. The maximum absolute atomic E-state index is 6.70. The third kappa shape index (κ3) is 4.86. The molecule has 2 heterocycles. The average molecular weight is 729 g/mol. The van der Waals surface area contributed by atoms with E-state index in [0.717, 1.165) is 33.1 Å². The molecule has 0 unspecified atom stereocenters. The van der Waals surface area contributed by atoms with Crippen molar-refractivity contribution in [2.75, 3.05) is 0 Å². The second kappa shape index (κ2) is 12.3. The lowest BCUT2D eigenvalue weighted by molar-refractivity contribution is 0.669. The summed E-state index contributed by atoms with van der Waals surface area (Å²) in [5, 5.41) is 12.5. The molecule has 0 bridgehead atoms. The maximum Gasteiger partial charge on any atom is 0.136 e. The normalized spacial score (nSPS) is 11.9. The van der Waals surface area contributed by atoms with Crippen LogP contribution in [0.25, 0.3) is 119 Å². The summed E-state index contributed by atoms with van der Waals surface area (Å²) in [7, 11) is 0. The monoisotopic (exact) mass is 728 g/mol. The van der Waals surface area contributed by atoms with Crippen molar-refractivity contribution in [1.29, 1.82) is 0 Å². The van der Waals surface area contributed by atoms with Crippen molar-refractivity contribution in [2.45, 2.75) is 0 Å². The van der Waals surface area contributed by atoms with E-state index in [-0.39, 0.29) is 0 Å². The van der Waals surface area contributed by atoms with E-state index in [0.29, 0.717) is 0 Å². The van der Waals surface area contributed by atoms with E-state index in [4.69, 9.17) is 4.42 Å². The van der Waals surface area contributed by atoms with Crippen molar-refractivity contribution < 1.29 is 4.42 Å². The van der Waals surface area contributed by atoms with Crippen LogP contribution in [0.4, 0.5) is 0 Å². The second-order valence-electron chi connectivity index (χ2n) is 14.8. The summed E-state index contributed by atoms with van der Waals surface area (Å²) in [6, 6.07) is 71.1. The van der Waals surface area contributed by atoms with Gasteiger partial charge < -0.3 is 4.42 Å². The Morgan fingerprint density at radius 3 is 1.62 bits per heavy atom. The van der Waals surface area contributed by atoms with Gasteiger partial charge in [-0.15, -0.1) is 11.3 Å². The van der Waals surface area contributed by atoms with Crippen LogP contribution in [-0.2, 0) is 0 Å². The fourth-order valence-corrected chi connectivity index (χ4v) is 10.1. The Kier molecular flexibility index (Phi) is 6.87. The number of fused-ring (bicyclic) bond motifs is 11. The molecule has 2 aromatic heterocycles. The number of benzene rings is 10. The van der Waals surface area contributed by atoms with Crippen LogP contribution in [0.15, 0.2) is 199 Å². The molecule has 56 heavy (non-hydrogen) atoms. The van der Waals surface area contributed by atoms with Gasteiger partial charge in [0.1, 0.15) is 11.2 Å². The highest BCUT2D eigenvalue weighted by Gasteiger charge is 2.19. The van der Waals surface area contributed by atoms with Crippen molar-refractivity contribution in [3.05, 3.63) is 194 Å². The third-order valence-electron chi connectivity index (χ3n) is 11.6. The lowest BCUT2D eigenvalue weighted by Gasteiger charge is -2.14. The van der Waals surface area contributed by atoms with Gasteiger partial charge in [-0.25, -0.2) is 0 Å². The molecule has 10 aromatic carbocycles. The van der Waals surface area contributed by atoms with E-state index < -0.39 is 0 Å². The maximum atomic E-state index is 6.70. The molecule has 0 fully saturated rings. The van der Waals surface area contributed by atoms with Gasteiger partial charge in [0.2, 0.25) is 0 Å². The zero-order valence-electron chi connectivity index (χ0n) is 30.3. The summed E-state index contributed by atoms with van der Waals surface area (Å²) in [5.41, 5.74) is 11.2. The molecule has 1 nitrogen and oxygen atoms in total. The molecule has 0 N–H and O–H groups in total. The van der Waals surface area contributed by atoms with E-state index in [1.165, 1.54) is 85.9 Å². The molecule has 0 amide bonds. The van der Waals surface area contributed by atoms with Crippen molar-refractivity contribution in [3.8, 4) is 44.5 Å². The third-order valence-corrected chi connectivity index (χ3v) is 12.8. The molecular weight excluding hydrogens is 697 g/mol. The first-order valence-electron chi connectivity index (χ1n) is 19.1. The van der Waals surface area contributed by atoms with E-state index >= 15 is 0 Å². The molecule has 0 radical (unpaired) electrons. The molecule has 0 aliphatic rings. The van der Waals surface area contributed by atoms with Crippen molar-refractivity contribution in [3.63, 3.8) is 0 Å². The predicted molar refractivity (Wildman–Crippen MR) is 241 cm³/mol. The van der Waals surface area contributed by atoms with Crippen molar-refractivity contribution >= 4 is 85.8 Å². The summed E-state index contributed by atoms with van der Waals surface area (Å²) in [6.45, 7) is 0. The van der Waals surface area contributed by atoms with E-state index in [9.17, 15) is 0 Å². The van der Waals surface area contributed by atoms with Crippen LogP contribution in [0.2, 0.25) is 0 Å². The van der Waals surface area contributed by atoms with Crippen LogP contribution in [0.5, 0.6) is 0 Å². The summed E-state index contributed by atoms with van der Waals surface area (Å²) in [6.07, 6.45) is 0. The first-order chi connectivity index (χ1) is 27.7. The Balaban J connectivity index is 1.10. The molecule has 12 aromatic rings. The Morgan fingerprint density at radius 1 is 0.286 bits per heavy atom. The average Bonchev–Trinajstić information content (AvgIpc) is 3.85. The minimum Gasteiger partial charge on any atom is -0.456 e. The Bertz CT molecular complexity index is 3530. The molecule has 0 atom stereocenters. The van der Waals surface area contributed by atoms with E-state index in [1.807, 2.05) is 11.3 Å². The Labute approximate surface area is 327 Å². The first-order valence-corrected chi connectivity index (χ1v) is 20.0. The predicted octanol–water partition coefficient (Wildman–Crippen LogP) is 16.1. The largest absolute Gasteiger partial charge is 0.456 e. The van der Waals surface area contributed by atoms with Crippen molar-refractivity contribution in [2.24, 2.45) is 0 Å². The van der Waals surface area contributed by atoms with Crippen LogP contribution < -0.4 is 0 Å². The summed E-state index contributed by atoms with van der Waals surface area (Å²) < 4.78 is 9.32. The Morgan fingerprint density at radius 2 is 0.839 bits per heavy atom. The Hall–Kier alpha value is -7.00. The van der Waals surface area contributed by atoms with Gasteiger partial charge in [-0.05, 0) is 131 Å². The van der Waals surface area contributed by atoms with Crippen LogP contribution in [0.1, 0.15) is 0 Å². The molecule has 0 saturated heterocycles. The molecule has 0 aliphatic carbocycles. The van der Waals surface area contributed by atoms with Gasteiger partial charge in [-0.2, -0.15) is 0 Å². The summed E-state index contributed by atoms with van der Waals surface area (Å²) >= 11 is 1.87. The van der Waals surface area contributed by atoms with Crippen LogP contribution >= 0.6 is 11.3 Å². The van der Waals surface area contributed by atoms with E-state index in [2.05, 4.69) is 194 Å². The fourth-order valence-electron chi connectivity index (χ4n) is 8.99. The van der Waals surface area contributed by atoms with Crippen molar-refractivity contribution in [1.82, 2.24) is 0 Å². The number of hydrogen-bond donors (Lipinski definition) is 0. The highest BCUT2D eigenvalue weighted by Crippen LogP contribution is 2.46. The smallest absolute Gasteiger partial charge is 0.136 e. The summed E-state index contributed by atoms with van der Waals surface area (Å²) in [5.74, 6) is 0. The molecule has 0 saturated carbocycles. The molecule has 0 spiro atoms. The quantitative estimate of drug-likeness (QED) is 0.165. The van der Waals surface area contributed by atoms with Gasteiger partial charge in [0.15, 0.2) is 0 Å². The number of rotatable bonds is 4. The summed E-state index contributed by atoms with van der Waals surface area (Å²) in [4.78, 5) is 0. The van der Waals surface area contributed by atoms with E-state index in [1.54, 1.807) is 0 Å². The highest BCUT2D eigenvalue weighted by atomic mass is 32.1. The lowest BCUT2D eigenvalue weighted by atomic mass is 9.89. The topological polar surface area (TPSA) is 13.1 Å². The van der Waals surface area contributed by atoms with Gasteiger partial charge in [0.05, 0.1) is 0 Å². The number of thiophene rings is 1. The van der Waals surface area contributed by atoms with Gasteiger partial charge in [0.25, 0.3) is 0 Å². The standard InChI is InChI=1S/C54H32OS/c1-2-10-33(11-3-1)39-28-40(37-23-22-36-21-20-34-12-4-6-14-42(34)46(36)31-37)30-41(29-39)45-17-9-19-49-54(45)53-44(16-8-18-48(53)55-49)38-25-26-50-47(32-38)52-43-15-7-5-13-35(43)24-27-51(52)56-50/h1-32H. The zero-order chi connectivity index (χ0) is 36.7. The second-order valence-corrected chi connectivity index (χ2v) is 15.9. The first kappa shape index (κ1) is 31.4. The van der Waals surface area contributed by atoms with Crippen LogP contribution in [0.3, 0.4) is 0 Å². The lowest BCUT2D eigenvalue weighted by Crippen LogP contribution is -1.88.